The molecule has 0 aromatic carbocycles. The van der Waals surface area contributed by atoms with E-state index in [0.29, 0.717) is 5.69 Å². The van der Waals surface area contributed by atoms with Gasteiger partial charge in [-0.2, -0.15) is 0 Å². The molecular formula is C11H19N3O2S. The van der Waals surface area contributed by atoms with Gasteiger partial charge >= 0.3 is 0 Å². The lowest BCUT2D eigenvalue weighted by molar-refractivity contribution is 0.566. The van der Waals surface area contributed by atoms with Crippen molar-refractivity contribution in [2.24, 2.45) is 0 Å². The molecule has 0 aliphatic carbocycles. The van der Waals surface area contributed by atoms with Crippen molar-refractivity contribution < 1.29 is 8.42 Å². The molecule has 0 saturated heterocycles. The normalized spacial score (nSPS) is 11.8. The van der Waals surface area contributed by atoms with Crippen LogP contribution >= 0.6 is 0 Å². The van der Waals surface area contributed by atoms with E-state index in [9.17, 15) is 8.42 Å². The summed E-state index contributed by atoms with van der Waals surface area (Å²) >= 11 is 0. The van der Waals surface area contributed by atoms with Gasteiger partial charge in [0.1, 0.15) is 0 Å². The minimum atomic E-state index is -3.54. The summed E-state index contributed by atoms with van der Waals surface area (Å²) in [6, 6.07) is 3.28. The first kappa shape index (κ1) is 13.9. The Labute approximate surface area is 103 Å². The summed E-state index contributed by atoms with van der Waals surface area (Å²) in [5.41, 5.74) is 0.544. The number of pyridine rings is 1. The summed E-state index contributed by atoms with van der Waals surface area (Å²) < 4.78 is 26.5. The first-order valence-electron chi connectivity index (χ1n) is 5.68. The second-order valence-corrected chi connectivity index (χ2v) is 5.69. The van der Waals surface area contributed by atoms with Gasteiger partial charge < -0.3 is 5.32 Å². The van der Waals surface area contributed by atoms with Gasteiger partial charge in [-0.15, -0.1) is 0 Å². The van der Waals surface area contributed by atoms with Crippen LogP contribution < -0.4 is 10.0 Å². The van der Waals surface area contributed by atoms with Crippen molar-refractivity contribution in [2.45, 2.75) is 38.3 Å². The average Bonchev–Trinajstić information content (AvgIpc) is 2.25. The predicted molar refractivity (Wildman–Crippen MR) is 68.5 cm³/mol. The Morgan fingerprint density at radius 3 is 2.71 bits per heavy atom. The van der Waals surface area contributed by atoms with E-state index in [1.54, 1.807) is 26.0 Å². The maximum atomic E-state index is 12.0. The van der Waals surface area contributed by atoms with Crippen LogP contribution in [-0.4, -0.2) is 26.0 Å². The van der Waals surface area contributed by atoms with E-state index in [1.807, 2.05) is 6.92 Å². The fourth-order valence-electron chi connectivity index (χ4n) is 1.37. The third-order valence-electron chi connectivity index (χ3n) is 1.98. The van der Waals surface area contributed by atoms with E-state index < -0.39 is 10.0 Å². The molecule has 1 aromatic heterocycles. The van der Waals surface area contributed by atoms with E-state index >= 15 is 0 Å². The predicted octanol–water partition coefficient (Wildman–Crippen LogP) is 1.59. The van der Waals surface area contributed by atoms with Gasteiger partial charge in [0.05, 0.1) is 5.69 Å². The number of aromatic nitrogens is 1. The highest BCUT2D eigenvalue weighted by atomic mass is 32.2. The largest absolute Gasteiger partial charge is 0.383 e. The second-order valence-electron chi connectivity index (χ2n) is 4.06. The quantitative estimate of drug-likeness (QED) is 0.812. The zero-order chi connectivity index (χ0) is 12.9. The number of nitrogens with zero attached hydrogens (tertiary/aromatic N) is 1. The zero-order valence-electron chi connectivity index (χ0n) is 10.4. The summed E-state index contributed by atoms with van der Waals surface area (Å²) in [7, 11) is -3.54. The van der Waals surface area contributed by atoms with Crippen LogP contribution in [0.4, 0.5) is 5.69 Å². The SMILES string of the molecule is CCCNc1cccnc1S(=O)(=O)NC(C)C. The van der Waals surface area contributed by atoms with Crippen LogP contribution in [0.25, 0.3) is 0 Å². The third-order valence-corrected chi connectivity index (χ3v) is 3.60. The van der Waals surface area contributed by atoms with Crippen molar-refractivity contribution in [1.82, 2.24) is 9.71 Å². The molecule has 1 aromatic rings. The Kier molecular flexibility index (Phi) is 4.89. The average molecular weight is 257 g/mol. The molecule has 0 spiro atoms. The molecule has 0 bridgehead atoms. The van der Waals surface area contributed by atoms with Gasteiger partial charge in [0.25, 0.3) is 10.0 Å². The highest BCUT2D eigenvalue weighted by Crippen LogP contribution is 2.17. The highest BCUT2D eigenvalue weighted by Gasteiger charge is 2.20. The maximum Gasteiger partial charge on any atom is 0.260 e. The van der Waals surface area contributed by atoms with Gasteiger partial charge in [-0.1, -0.05) is 6.92 Å². The molecule has 0 amide bonds. The van der Waals surface area contributed by atoms with Crippen molar-refractivity contribution in [2.75, 3.05) is 11.9 Å². The van der Waals surface area contributed by atoms with Crippen LogP contribution in [0, 0.1) is 0 Å². The van der Waals surface area contributed by atoms with Crippen LogP contribution in [0.15, 0.2) is 23.4 Å². The van der Waals surface area contributed by atoms with Crippen molar-refractivity contribution in [3.8, 4) is 0 Å². The summed E-state index contributed by atoms with van der Waals surface area (Å²) in [6.45, 7) is 6.29. The molecule has 2 N–H and O–H groups in total. The van der Waals surface area contributed by atoms with Gasteiger partial charge in [0, 0.05) is 18.8 Å². The van der Waals surface area contributed by atoms with Crippen LogP contribution in [0.1, 0.15) is 27.2 Å². The molecule has 1 heterocycles. The lowest BCUT2D eigenvalue weighted by atomic mass is 10.4. The van der Waals surface area contributed by atoms with Gasteiger partial charge in [-0.25, -0.2) is 18.1 Å². The van der Waals surface area contributed by atoms with Gasteiger partial charge in [0.2, 0.25) is 0 Å². The number of hydrogen-bond donors (Lipinski definition) is 2. The number of hydrogen-bond acceptors (Lipinski definition) is 4. The smallest absolute Gasteiger partial charge is 0.260 e. The number of sulfonamides is 1. The minimum Gasteiger partial charge on any atom is -0.383 e. The summed E-state index contributed by atoms with van der Waals surface area (Å²) in [5, 5.41) is 3.12. The first-order valence-corrected chi connectivity index (χ1v) is 7.17. The Bertz CT molecular complexity index is 458. The van der Waals surface area contributed by atoms with Crippen LogP contribution in [0.2, 0.25) is 0 Å². The molecule has 0 aliphatic rings. The molecule has 96 valence electrons. The number of nitrogens with one attached hydrogen (secondary N) is 2. The molecule has 1 rings (SSSR count). The van der Waals surface area contributed by atoms with Crippen molar-refractivity contribution in [1.29, 1.82) is 0 Å². The number of rotatable bonds is 6. The maximum absolute atomic E-state index is 12.0. The van der Waals surface area contributed by atoms with E-state index in [2.05, 4.69) is 15.0 Å². The van der Waals surface area contributed by atoms with Crippen LogP contribution in [-0.2, 0) is 10.0 Å². The van der Waals surface area contributed by atoms with Crippen LogP contribution in [0.3, 0.4) is 0 Å². The lowest BCUT2D eigenvalue weighted by Crippen LogP contribution is -2.31. The van der Waals surface area contributed by atoms with E-state index in [-0.39, 0.29) is 11.1 Å². The molecule has 0 saturated carbocycles. The highest BCUT2D eigenvalue weighted by molar-refractivity contribution is 7.89. The molecule has 0 atom stereocenters. The standard InChI is InChI=1S/C11H19N3O2S/c1-4-7-12-10-6-5-8-13-11(10)17(15,16)14-9(2)3/h5-6,8-9,12,14H,4,7H2,1-3H3. The van der Waals surface area contributed by atoms with E-state index in [4.69, 9.17) is 0 Å². The Morgan fingerprint density at radius 1 is 1.41 bits per heavy atom. The lowest BCUT2D eigenvalue weighted by Gasteiger charge is -2.13. The fraction of sp³-hybridized carbons (Fsp3) is 0.545. The fourth-order valence-corrected chi connectivity index (χ4v) is 2.73. The molecule has 0 radical (unpaired) electrons. The summed E-state index contributed by atoms with van der Waals surface area (Å²) in [6.07, 6.45) is 2.40. The molecule has 17 heavy (non-hydrogen) atoms. The van der Waals surface area contributed by atoms with E-state index in [1.165, 1.54) is 6.20 Å². The number of anilines is 1. The van der Waals surface area contributed by atoms with Crippen molar-refractivity contribution in [3.63, 3.8) is 0 Å². The molecule has 0 aliphatic heterocycles. The minimum absolute atomic E-state index is 0.0575. The summed E-state index contributed by atoms with van der Waals surface area (Å²) in [5.74, 6) is 0. The van der Waals surface area contributed by atoms with Crippen molar-refractivity contribution >= 4 is 15.7 Å². The molecule has 0 unspecified atom stereocenters. The van der Waals surface area contributed by atoms with Gasteiger partial charge in [-0.05, 0) is 32.4 Å². The topological polar surface area (TPSA) is 71.1 Å². The third kappa shape index (κ3) is 3.98. The molecule has 5 nitrogen and oxygen atoms in total. The second kappa shape index (κ2) is 5.97. The first-order chi connectivity index (χ1) is 7.97. The molecule has 6 heteroatoms. The van der Waals surface area contributed by atoms with Crippen molar-refractivity contribution in [3.05, 3.63) is 18.3 Å². The molecular weight excluding hydrogens is 238 g/mol. The Balaban J connectivity index is 3.04. The zero-order valence-corrected chi connectivity index (χ0v) is 11.2. The van der Waals surface area contributed by atoms with Gasteiger partial charge in [-0.3, -0.25) is 0 Å². The summed E-state index contributed by atoms with van der Waals surface area (Å²) in [4.78, 5) is 3.94. The van der Waals surface area contributed by atoms with Gasteiger partial charge in [0.15, 0.2) is 5.03 Å². The molecule has 0 fully saturated rings. The monoisotopic (exact) mass is 257 g/mol. The Morgan fingerprint density at radius 2 is 2.12 bits per heavy atom. The van der Waals surface area contributed by atoms with Crippen LogP contribution in [0.5, 0.6) is 0 Å². The van der Waals surface area contributed by atoms with E-state index in [0.717, 1.165) is 13.0 Å². The Hall–Kier alpha value is -1.14.